The Kier molecular flexibility index (Phi) is 4.72. The number of hydrogen-bond acceptors (Lipinski definition) is 5. The molecule has 0 unspecified atom stereocenters. The summed E-state index contributed by atoms with van der Waals surface area (Å²) in [5.74, 6) is 0. The molecule has 8 nitrogen and oxygen atoms in total. The highest BCUT2D eigenvalue weighted by molar-refractivity contribution is 5.95. The van der Waals surface area contributed by atoms with E-state index in [-0.39, 0.29) is 32.8 Å². The lowest BCUT2D eigenvalue weighted by molar-refractivity contribution is 1.34. The zero-order valence-corrected chi connectivity index (χ0v) is 20.0. The van der Waals surface area contributed by atoms with Crippen molar-refractivity contribution in [2.45, 2.75) is 0 Å². The molecule has 0 aliphatic carbocycles. The first kappa shape index (κ1) is 18.4. The summed E-state index contributed by atoms with van der Waals surface area (Å²) in [4.78, 5) is 18.7. The second kappa shape index (κ2) is 10.3. The maximum atomic E-state index is 10.0. The van der Waals surface area contributed by atoms with Crippen LogP contribution in [0.2, 0.25) is 0 Å². The number of hydrogen-bond donors (Lipinski definition) is 0. The van der Waals surface area contributed by atoms with Crippen molar-refractivity contribution >= 4 is 44.5 Å². The van der Waals surface area contributed by atoms with Gasteiger partial charge in [0.05, 0.1) is 53.9 Å². The van der Waals surface area contributed by atoms with Crippen LogP contribution in [-0.4, -0.2) is 9.97 Å². The Balaban J connectivity index is 1.78. The van der Waals surface area contributed by atoms with Gasteiger partial charge in [0.25, 0.3) is 0 Å². The molecular formula is C32H12N8. The Labute approximate surface area is 236 Å². The Hall–Kier alpha value is -6.84. The van der Waals surface area contributed by atoms with Crippen molar-refractivity contribution in [1.82, 2.24) is 9.97 Å². The molecule has 3 aromatic carbocycles. The topological polar surface area (TPSA) is 110 Å². The van der Waals surface area contributed by atoms with E-state index in [2.05, 4.69) is 24.5 Å². The van der Waals surface area contributed by atoms with Crippen LogP contribution in [0.25, 0.3) is 47.6 Å². The minimum Gasteiger partial charge on any atom is -0.257 e. The quantitative estimate of drug-likeness (QED) is 0.231. The van der Waals surface area contributed by atoms with Crippen LogP contribution in [-0.2, 0) is 0 Å². The number of pyridine rings is 2. The maximum absolute atomic E-state index is 10.0. The zero-order valence-electron chi connectivity index (χ0n) is 26.0. The van der Waals surface area contributed by atoms with Crippen LogP contribution in [0.4, 0.5) is 11.4 Å². The van der Waals surface area contributed by atoms with Crippen molar-refractivity contribution in [1.29, 1.82) is 15.8 Å². The summed E-state index contributed by atoms with van der Waals surface area (Å²) in [6.07, 6.45) is 2.66. The average Bonchev–Trinajstić information content (AvgIpc) is 3.04. The molecule has 0 bridgehead atoms. The highest BCUT2D eigenvalue weighted by atomic mass is 14.7. The van der Waals surface area contributed by atoms with Crippen LogP contribution in [0.3, 0.4) is 0 Å². The molecule has 0 aliphatic rings. The molecule has 0 N–H and O–H groups in total. The lowest BCUT2D eigenvalue weighted by Gasteiger charge is -2.05. The summed E-state index contributed by atoms with van der Waals surface area (Å²) in [6.45, 7) is 22.5. The molecule has 8 heteroatoms. The lowest BCUT2D eigenvalue weighted by Crippen LogP contribution is -2.08. The second-order valence-electron chi connectivity index (χ2n) is 8.03. The van der Waals surface area contributed by atoms with E-state index in [4.69, 9.17) is 27.9 Å². The molecule has 0 spiro atoms. The lowest BCUT2D eigenvalue weighted by atomic mass is 10.0. The molecule has 180 valence electrons. The minimum absolute atomic E-state index is 0.183. The molecule has 0 amide bonds. The number of rotatable bonds is 2. The third-order valence-electron chi connectivity index (χ3n) is 5.68. The van der Waals surface area contributed by atoms with Crippen LogP contribution in [0.5, 0.6) is 0 Å². The first-order chi connectivity index (χ1) is 22.1. The molecule has 5 aromatic rings. The van der Waals surface area contributed by atoms with Crippen LogP contribution in [0.1, 0.15) is 30.5 Å². The zero-order chi connectivity index (χ0) is 33.4. The van der Waals surface area contributed by atoms with Gasteiger partial charge in [0, 0.05) is 42.3 Å². The number of nitriles is 3. The third kappa shape index (κ3) is 4.52. The number of aromatic nitrogens is 2. The van der Waals surface area contributed by atoms with E-state index in [1.807, 2.05) is 6.07 Å². The fourth-order valence-electron chi connectivity index (χ4n) is 3.93. The van der Waals surface area contributed by atoms with Gasteiger partial charge in [0.15, 0.2) is 11.4 Å². The molecule has 2 aromatic heterocycles. The molecule has 0 saturated carbocycles. The van der Waals surface area contributed by atoms with Crippen LogP contribution < -0.4 is 10.4 Å². The summed E-state index contributed by atoms with van der Waals surface area (Å²) in [6, 6.07) is 8.64. The van der Waals surface area contributed by atoms with E-state index >= 15 is 0 Å². The van der Waals surface area contributed by atoms with E-state index in [0.717, 1.165) is 0 Å². The molecule has 5 rings (SSSR count). The number of fused-ring (bicyclic) bond motifs is 2. The Morgan fingerprint density at radius 2 is 1.23 bits per heavy atom. The van der Waals surface area contributed by atoms with Crippen LogP contribution in [0.15, 0.2) is 72.9 Å². The maximum Gasteiger partial charge on any atom is 0.201 e. The average molecular weight is 515 g/mol. The second-order valence-corrected chi connectivity index (χ2v) is 8.03. The van der Waals surface area contributed by atoms with Gasteiger partial charge in [-0.05, 0) is 58.7 Å². The molecular weight excluding hydrogens is 496 g/mol. The van der Waals surface area contributed by atoms with Crippen LogP contribution >= 0.6 is 0 Å². The third-order valence-corrected chi connectivity index (χ3v) is 5.68. The molecule has 0 radical (unpaired) electrons. The van der Waals surface area contributed by atoms with Crippen molar-refractivity contribution in [3.63, 3.8) is 0 Å². The fraction of sp³-hybridized carbons (Fsp3) is 0. The van der Waals surface area contributed by atoms with Crippen molar-refractivity contribution < 1.29 is 8.22 Å². The van der Waals surface area contributed by atoms with Gasteiger partial charge in [-0.25, -0.2) is 14.5 Å². The van der Waals surface area contributed by atoms with E-state index in [0.29, 0.717) is 21.8 Å². The fourth-order valence-corrected chi connectivity index (χ4v) is 3.93. The molecule has 0 aliphatic heterocycles. The standard InChI is InChI=1S/C32H12N8/c1-36-27-6-19(14-33)4-21(10-27)29(16-35)25-8-22-12-31-23(13-30(22)39-17-25)9-26(18-40-31)32(38-3)24-5-20(15-34)7-28(11-24)37-2/h4-13,17-18H/b29-25-,32-26+/i4D,5D,6D,7D,10D,11D. The normalized spacial score (nSPS) is 13.8. The molecule has 2 heterocycles. The summed E-state index contributed by atoms with van der Waals surface area (Å²) in [5, 5.41) is 30.4. The van der Waals surface area contributed by atoms with Crippen molar-refractivity contribution in [2.75, 3.05) is 0 Å². The van der Waals surface area contributed by atoms with Crippen molar-refractivity contribution in [2.24, 2.45) is 0 Å². The van der Waals surface area contributed by atoms with Crippen molar-refractivity contribution in [3.05, 3.63) is 140 Å². The minimum atomic E-state index is -0.552. The Morgan fingerprint density at radius 3 is 1.75 bits per heavy atom. The van der Waals surface area contributed by atoms with Gasteiger partial charge in [-0.15, -0.1) is 0 Å². The predicted octanol–water partition coefficient (Wildman–Crippen LogP) is 5.43. The predicted molar refractivity (Wildman–Crippen MR) is 148 cm³/mol. The van der Waals surface area contributed by atoms with Crippen LogP contribution in [0, 0.1) is 53.7 Å². The SMILES string of the molecule is [2H]c1c(C#N)c([2H])c(/C(C#N)=c2\cnc3cc4c/c(=C(\[N+]#[C-])c5c([2H])c(C#N)c([2H])c([N+]#[C-])c5[2H])cnc4cc3c2)c([2H])c1[N+]#[C-]. The first-order valence-corrected chi connectivity index (χ1v) is 11.1. The van der Waals surface area contributed by atoms with Gasteiger partial charge >= 0.3 is 0 Å². The summed E-state index contributed by atoms with van der Waals surface area (Å²) in [7, 11) is 0. The Morgan fingerprint density at radius 1 is 0.700 bits per heavy atom. The number of benzene rings is 3. The summed E-state index contributed by atoms with van der Waals surface area (Å²) >= 11 is 0. The van der Waals surface area contributed by atoms with Crippen molar-refractivity contribution in [3.8, 4) is 18.2 Å². The summed E-state index contributed by atoms with van der Waals surface area (Å²) in [5.41, 5.74) is -1.81. The van der Waals surface area contributed by atoms with Gasteiger partial charge in [0.1, 0.15) is 6.07 Å². The molecule has 0 saturated heterocycles. The van der Waals surface area contributed by atoms with Gasteiger partial charge < -0.3 is 0 Å². The largest absolute Gasteiger partial charge is 0.257 e. The van der Waals surface area contributed by atoms with Gasteiger partial charge in [0.2, 0.25) is 5.70 Å². The smallest absolute Gasteiger partial charge is 0.201 e. The van der Waals surface area contributed by atoms with E-state index in [9.17, 15) is 15.8 Å². The molecule has 0 atom stereocenters. The van der Waals surface area contributed by atoms with E-state index in [1.165, 1.54) is 12.4 Å². The monoisotopic (exact) mass is 514 g/mol. The van der Waals surface area contributed by atoms with E-state index in [1.54, 1.807) is 36.4 Å². The van der Waals surface area contributed by atoms with Gasteiger partial charge in [-0.2, -0.15) is 15.8 Å². The van der Waals surface area contributed by atoms with Gasteiger partial charge in [-0.3, -0.25) is 9.97 Å². The Bertz CT molecular complexity index is 2360. The molecule has 40 heavy (non-hydrogen) atoms. The van der Waals surface area contributed by atoms with Gasteiger partial charge in [-0.1, -0.05) is 18.2 Å². The first-order valence-electron chi connectivity index (χ1n) is 14.1. The highest BCUT2D eigenvalue weighted by Gasteiger charge is 2.10. The summed E-state index contributed by atoms with van der Waals surface area (Å²) < 4.78 is 49.7. The number of nitrogens with zero attached hydrogens (tertiary/aromatic N) is 8. The van der Waals surface area contributed by atoms with E-state index < -0.39 is 58.8 Å². The molecule has 0 fully saturated rings. The highest BCUT2D eigenvalue weighted by Crippen LogP contribution is 2.25.